The molecular formula is C14H30N4. The third-order valence-electron chi connectivity index (χ3n) is 2.83. The molecule has 0 aliphatic carbocycles. The number of nitriles is 1. The van der Waals surface area contributed by atoms with Crippen LogP contribution in [0.3, 0.4) is 0 Å². The second kappa shape index (κ2) is 10.3. The molecule has 0 aliphatic rings. The zero-order valence-corrected chi connectivity index (χ0v) is 12.7. The Bertz CT molecular complexity index is 232. The first kappa shape index (κ1) is 17.4. The molecule has 4 heteroatoms. The van der Waals surface area contributed by atoms with Gasteiger partial charge in [-0.3, -0.25) is 5.32 Å². The molecule has 0 aromatic heterocycles. The molecular weight excluding hydrogens is 224 g/mol. The van der Waals surface area contributed by atoms with Crippen LogP contribution in [0.4, 0.5) is 0 Å². The van der Waals surface area contributed by atoms with E-state index in [0.717, 1.165) is 32.6 Å². The third-order valence-corrected chi connectivity index (χ3v) is 2.83. The molecule has 0 heterocycles. The summed E-state index contributed by atoms with van der Waals surface area (Å²) in [6.45, 7) is 10.7. The Morgan fingerprint density at radius 3 is 2.22 bits per heavy atom. The monoisotopic (exact) mass is 254 g/mol. The van der Waals surface area contributed by atoms with Crippen molar-refractivity contribution in [2.45, 2.75) is 45.7 Å². The minimum Gasteiger partial charge on any atom is -0.308 e. The quantitative estimate of drug-likeness (QED) is 0.642. The molecule has 18 heavy (non-hydrogen) atoms. The number of hydrogen-bond acceptors (Lipinski definition) is 4. The van der Waals surface area contributed by atoms with Gasteiger partial charge in [0, 0.05) is 25.7 Å². The summed E-state index contributed by atoms with van der Waals surface area (Å²) in [7, 11) is 4.20. The van der Waals surface area contributed by atoms with Crippen molar-refractivity contribution in [2.75, 3.05) is 40.3 Å². The molecule has 0 aromatic rings. The van der Waals surface area contributed by atoms with Crippen molar-refractivity contribution in [1.29, 1.82) is 5.26 Å². The van der Waals surface area contributed by atoms with E-state index in [1.54, 1.807) is 0 Å². The second-order valence-corrected chi connectivity index (χ2v) is 5.44. The van der Waals surface area contributed by atoms with Gasteiger partial charge in [0.15, 0.2) is 0 Å². The number of nitrogens with one attached hydrogen (secondary N) is 1. The van der Waals surface area contributed by atoms with Crippen molar-refractivity contribution in [3.05, 3.63) is 0 Å². The van der Waals surface area contributed by atoms with Gasteiger partial charge in [0.25, 0.3) is 0 Å². The Morgan fingerprint density at radius 2 is 1.78 bits per heavy atom. The van der Waals surface area contributed by atoms with Gasteiger partial charge >= 0.3 is 0 Å². The van der Waals surface area contributed by atoms with Crippen LogP contribution >= 0.6 is 0 Å². The summed E-state index contributed by atoms with van der Waals surface area (Å²) in [6, 6.07) is 2.69. The molecule has 1 N–H and O–H groups in total. The first-order chi connectivity index (χ1) is 8.49. The van der Waals surface area contributed by atoms with Crippen LogP contribution in [0.5, 0.6) is 0 Å². The van der Waals surface area contributed by atoms with Crippen LogP contribution in [0.25, 0.3) is 0 Å². The van der Waals surface area contributed by atoms with Crippen LogP contribution in [0, 0.1) is 11.3 Å². The van der Waals surface area contributed by atoms with E-state index in [1.807, 2.05) is 0 Å². The fourth-order valence-electron chi connectivity index (χ4n) is 1.89. The van der Waals surface area contributed by atoms with Gasteiger partial charge in [-0.1, -0.05) is 6.92 Å². The average molecular weight is 254 g/mol. The number of hydrogen-bond donors (Lipinski definition) is 1. The Hall–Kier alpha value is -0.630. The van der Waals surface area contributed by atoms with Crippen LogP contribution in [-0.4, -0.2) is 62.2 Å². The normalized spacial score (nSPS) is 13.3. The molecule has 0 saturated carbocycles. The van der Waals surface area contributed by atoms with Gasteiger partial charge in [-0.05, 0) is 47.3 Å². The van der Waals surface area contributed by atoms with Crippen molar-refractivity contribution in [1.82, 2.24) is 15.1 Å². The van der Waals surface area contributed by atoms with Gasteiger partial charge in [-0.15, -0.1) is 0 Å². The Balaban J connectivity index is 4.03. The standard InChI is InChI=1S/C14H30N4/c1-6-8-18(11-10-17(4)5)9-7-14(12-15)16-13(2)3/h13-14,16H,6-11H2,1-5H3. The Kier molecular flexibility index (Phi) is 9.95. The highest BCUT2D eigenvalue weighted by Crippen LogP contribution is 1.99. The number of likely N-dealkylation sites (N-methyl/N-ethyl adjacent to an activating group) is 1. The molecule has 4 nitrogen and oxygen atoms in total. The SMILES string of the molecule is CCCN(CCC(C#N)NC(C)C)CCN(C)C. The fraction of sp³-hybridized carbons (Fsp3) is 0.929. The lowest BCUT2D eigenvalue weighted by atomic mass is 10.2. The second-order valence-electron chi connectivity index (χ2n) is 5.44. The topological polar surface area (TPSA) is 42.3 Å². The molecule has 0 saturated heterocycles. The molecule has 1 unspecified atom stereocenters. The maximum absolute atomic E-state index is 9.10. The summed E-state index contributed by atoms with van der Waals surface area (Å²) in [5, 5.41) is 12.4. The highest BCUT2D eigenvalue weighted by molar-refractivity contribution is 4.91. The van der Waals surface area contributed by atoms with Crippen molar-refractivity contribution in [2.24, 2.45) is 0 Å². The number of rotatable bonds is 10. The van der Waals surface area contributed by atoms with E-state index in [4.69, 9.17) is 5.26 Å². The van der Waals surface area contributed by atoms with Gasteiger partial charge in [0.1, 0.15) is 0 Å². The van der Waals surface area contributed by atoms with Crippen molar-refractivity contribution in [3.8, 4) is 6.07 Å². The molecule has 106 valence electrons. The first-order valence-corrected chi connectivity index (χ1v) is 7.02. The molecule has 0 bridgehead atoms. The van der Waals surface area contributed by atoms with Crippen LogP contribution in [0.2, 0.25) is 0 Å². The summed E-state index contributed by atoms with van der Waals surface area (Å²) >= 11 is 0. The van der Waals surface area contributed by atoms with Crippen molar-refractivity contribution in [3.63, 3.8) is 0 Å². The first-order valence-electron chi connectivity index (χ1n) is 7.02. The highest BCUT2D eigenvalue weighted by Gasteiger charge is 2.11. The smallest absolute Gasteiger partial charge is 0.0967 e. The number of nitrogens with zero attached hydrogens (tertiary/aromatic N) is 3. The molecule has 0 spiro atoms. The summed E-state index contributed by atoms with van der Waals surface area (Å²) in [4.78, 5) is 4.66. The van der Waals surface area contributed by atoms with Gasteiger partial charge in [-0.25, -0.2) is 0 Å². The van der Waals surface area contributed by atoms with E-state index < -0.39 is 0 Å². The molecule has 0 amide bonds. The maximum atomic E-state index is 9.10. The molecule has 0 aliphatic heterocycles. The molecule has 1 atom stereocenters. The fourth-order valence-corrected chi connectivity index (χ4v) is 1.89. The van der Waals surface area contributed by atoms with Gasteiger partial charge in [-0.2, -0.15) is 5.26 Å². The zero-order chi connectivity index (χ0) is 14.0. The van der Waals surface area contributed by atoms with E-state index in [2.05, 4.69) is 56.1 Å². The van der Waals surface area contributed by atoms with Crippen LogP contribution < -0.4 is 5.32 Å². The van der Waals surface area contributed by atoms with E-state index in [0.29, 0.717) is 6.04 Å². The minimum atomic E-state index is -0.0243. The highest BCUT2D eigenvalue weighted by atomic mass is 15.2. The van der Waals surface area contributed by atoms with E-state index in [9.17, 15) is 0 Å². The van der Waals surface area contributed by atoms with E-state index in [1.165, 1.54) is 6.42 Å². The summed E-state index contributed by atoms with van der Waals surface area (Å²) < 4.78 is 0. The Labute approximate surface area is 113 Å². The lowest BCUT2D eigenvalue weighted by Crippen LogP contribution is -2.39. The lowest BCUT2D eigenvalue weighted by molar-refractivity contribution is 0.233. The molecule has 0 fully saturated rings. The van der Waals surface area contributed by atoms with E-state index >= 15 is 0 Å². The maximum Gasteiger partial charge on any atom is 0.0967 e. The Morgan fingerprint density at radius 1 is 1.11 bits per heavy atom. The lowest BCUT2D eigenvalue weighted by Gasteiger charge is -2.25. The summed E-state index contributed by atoms with van der Waals surface area (Å²) in [6.07, 6.45) is 2.07. The zero-order valence-electron chi connectivity index (χ0n) is 12.7. The van der Waals surface area contributed by atoms with Crippen LogP contribution in [0.1, 0.15) is 33.6 Å². The van der Waals surface area contributed by atoms with Crippen molar-refractivity contribution < 1.29 is 0 Å². The molecule has 0 radical (unpaired) electrons. The molecule has 0 aromatic carbocycles. The van der Waals surface area contributed by atoms with Crippen LogP contribution in [0.15, 0.2) is 0 Å². The molecule has 0 rings (SSSR count). The van der Waals surface area contributed by atoms with Crippen molar-refractivity contribution >= 4 is 0 Å². The average Bonchev–Trinajstić information content (AvgIpc) is 2.30. The van der Waals surface area contributed by atoms with Gasteiger partial charge < -0.3 is 9.80 Å². The minimum absolute atomic E-state index is 0.0243. The predicted octanol–water partition coefficient (Wildman–Crippen LogP) is 1.54. The summed E-state index contributed by atoms with van der Waals surface area (Å²) in [5.41, 5.74) is 0. The van der Waals surface area contributed by atoms with Gasteiger partial charge in [0.05, 0.1) is 12.1 Å². The largest absolute Gasteiger partial charge is 0.308 e. The van der Waals surface area contributed by atoms with E-state index in [-0.39, 0.29) is 6.04 Å². The third kappa shape index (κ3) is 9.41. The van der Waals surface area contributed by atoms with Crippen LogP contribution in [-0.2, 0) is 0 Å². The summed E-state index contributed by atoms with van der Waals surface area (Å²) in [5.74, 6) is 0. The van der Waals surface area contributed by atoms with Gasteiger partial charge in [0.2, 0.25) is 0 Å². The predicted molar refractivity (Wildman–Crippen MR) is 77.6 cm³/mol.